The molecule has 1 aromatic carbocycles. The van der Waals surface area contributed by atoms with Gasteiger partial charge in [-0.3, -0.25) is 0 Å². The summed E-state index contributed by atoms with van der Waals surface area (Å²) >= 11 is 1.77. The van der Waals surface area contributed by atoms with E-state index in [0.717, 1.165) is 33.9 Å². The number of benzene rings is 1. The molecule has 0 aliphatic rings. The fourth-order valence-electron chi connectivity index (χ4n) is 2.50. The Bertz CT molecular complexity index is 753. The largest absolute Gasteiger partial charge is 0.459 e. The molecule has 110 valence electrons. The van der Waals surface area contributed by atoms with Crippen LogP contribution in [0.15, 0.2) is 28.7 Å². The Hall–Kier alpha value is -1.65. The molecule has 3 rings (SSSR count). The number of furan rings is 1. The number of nitrogens with one attached hydrogen (secondary N) is 1. The molecular weight excluding hydrogens is 280 g/mol. The molecule has 0 aliphatic heterocycles. The van der Waals surface area contributed by atoms with Gasteiger partial charge in [-0.15, -0.1) is 11.3 Å². The van der Waals surface area contributed by atoms with Crippen LogP contribution in [0.4, 0.5) is 0 Å². The highest BCUT2D eigenvalue weighted by molar-refractivity contribution is 7.11. The van der Waals surface area contributed by atoms with Crippen LogP contribution < -0.4 is 5.32 Å². The lowest BCUT2D eigenvalue weighted by molar-refractivity contribution is 0.450. The Morgan fingerprint density at radius 1 is 1.24 bits per heavy atom. The summed E-state index contributed by atoms with van der Waals surface area (Å²) in [7, 11) is 1.97. The molecule has 1 atom stereocenters. The number of hydrogen-bond acceptors (Lipinski definition) is 4. The van der Waals surface area contributed by atoms with Crippen molar-refractivity contribution in [1.29, 1.82) is 0 Å². The van der Waals surface area contributed by atoms with E-state index in [1.807, 2.05) is 13.1 Å². The lowest BCUT2D eigenvalue weighted by Crippen LogP contribution is -2.18. The fourth-order valence-corrected chi connectivity index (χ4v) is 3.48. The number of fused-ring (bicyclic) bond motifs is 1. The van der Waals surface area contributed by atoms with E-state index in [1.54, 1.807) is 11.3 Å². The first-order valence-electron chi connectivity index (χ1n) is 7.17. The maximum atomic E-state index is 6.00. The molecule has 0 radical (unpaired) electrons. The SMILES string of the molecule is CNC(Cc1nc(C)c(C)s1)c1cc2cc(C)ccc2o1. The monoisotopic (exact) mass is 300 g/mol. The summed E-state index contributed by atoms with van der Waals surface area (Å²) in [5.74, 6) is 0.976. The van der Waals surface area contributed by atoms with E-state index in [9.17, 15) is 0 Å². The Morgan fingerprint density at radius 2 is 2.05 bits per heavy atom. The summed E-state index contributed by atoms with van der Waals surface area (Å²) in [4.78, 5) is 5.92. The van der Waals surface area contributed by atoms with Gasteiger partial charge in [0.25, 0.3) is 0 Å². The third kappa shape index (κ3) is 2.87. The molecule has 0 saturated carbocycles. The molecule has 2 aromatic heterocycles. The van der Waals surface area contributed by atoms with Gasteiger partial charge in [0.1, 0.15) is 11.3 Å². The van der Waals surface area contributed by atoms with Crippen LogP contribution in [0.1, 0.15) is 32.9 Å². The lowest BCUT2D eigenvalue weighted by atomic mass is 10.1. The van der Waals surface area contributed by atoms with Crippen molar-refractivity contribution >= 4 is 22.3 Å². The molecule has 2 heterocycles. The van der Waals surface area contributed by atoms with Crippen molar-refractivity contribution in [3.8, 4) is 0 Å². The van der Waals surface area contributed by atoms with Crippen molar-refractivity contribution in [2.45, 2.75) is 33.2 Å². The summed E-state index contributed by atoms with van der Waals surface area (Å²) < 4.78 is 6.00. The highest BCUT2D eigenvalue weighted by Gasteiger charge is 2.17. The van der Waals surface area contributed by atoms with E-state index < -0.39 is 0 Å². The second-order valence-electron chi connectivity index (χ2n) is 5.48. The van der Waals surface area contributed by atoms with Crippen molar-refractivity contribution in [2.75, 3.05) is 7.05 Å². The van der Waals surface area contributed by atoms with Crippen LogP contribution in [-0.4, -0.2) is 12.0 Å². The number of hydrogen-bond donors (Lipinski definition) is 1. The summed E-state index contributed by atoms with van der Waals surface area (Å²) in [6.07, 6.45) is 0.856. The second kappa shape index (κ2) is 5.62. The van der Waals surface area contributed by atoms with Gasteiger partial charge in [-0.25, -0.2) is 4.98 Å². The minimum absolute atomic E-state index is 0.155. The van der Waals surface area contributed by atoms with Gasteiger partial charge in [0.15, 0.2) is 0 Å². The van der Waals surface area contributed by atoms with Gasteiger partial charge in [-0.2, -0.15) is 0 Å². The fraction of sp³-hybridized carbons (Fsp3) is 0.353. The van der Waals surface area contributed by atoms with E-state index in [-0.39, 0.29) is 6.04 Å². The third-order valence-electron chi connectivity index (χ3n) is 3.83. The third-order valence-corrected chi connectivity index (χ3v) is 4.93. The maximum absolute atomic E-state index is 6.00. The molecule has 4 heteroatoms. The van der Waals surface area contributed by atoms with E-state index >= 15 is 0 Å². The molecular formula is C17H20N2OS. The van der Waals surface area contributed by atoms with Gasteiger partial charge in [0, 0.05) is 16.7 Å². The predicted molar refractivity (Wildman–Crippen MR) is 88.0 cm³/mol. The van der Waals surface area contributed by atoms with Gasteiger partial charge >= 0.3 is 0 Å². The Labute approximate surface area is 129 Å². The van der Waals surface area contributed by atoms with Crippen molar-refractivity contribution < 1.29 is 4.42 Å². The number of nitrogens with zero attached hydrogens (tertiary/aromatic N) is 1. The maximum Gasteiger partial charge on any atom is 0.134 e. The summed E-state index contributed by atoms with van der Waals surface area (Å²) in [5.41, 5.74) is 3.33. The molecule has 0 aliphatic carbocycles. The van der Waals surface area contributed by atoms with Crippen LogP contribution in [0.5, 0.6) is 0 Å². The summed E-state index contributed by atoms with van der Waals surface area (Å²) in [6, 6.07) is 8.57. The molecule has 1 unspecified atom stereocenters. The van der Waals surface area contributed by atoms with Gasteiger partial charge in [0.2, 0.25) is 0 Å². The molecule has 3 aromatic rings. The van der Waals surface area contributed by atoms with Crippen molar-refractivity contribution in [1.82, 2.24) is 10.3 Å². The first-order valence-corrected chi connectivity index (χ1v) is 7.98. The summed E-state index contributed by atoms with van der Waals surface area (Å²) in [5, 5.41) is 5.66. The van der Waals surface area contributed by atoms with Gasteiger partial charge in [-0.1, -0.05) is 11.6 Å². The number of rotatable bonds is 4. The Morgan fingerprint density at radius 3 is 2.71 bits per heavy atom. The smallest absolute Gasteiger partial charge is 0.134 e. The standard InChI is InChI=1S/C17H20N2OS/c1-10-5-6-15-13(7-10)8-16(20-15)14(18-4)9-17-19-11(2)12(3)21-17/h5-8,14,18H,9H2,1-4H3. The van der Waals surface area contributed by atoms with Gasteiger partial charge in [-0.05, 0) is 46.0 Å². The van der Waals surface area contributed by atoms with E-state index in [2.05, 4.69) is 49.3 Å². The van der Waals surface area contributed by atoms with Crippen molar-refractivity contribution in [3.05, 3.63) is 51.2 Å². The molecule has 0 saturated heterocycles. The van der Waals surface area contributed by atoms with E-state index in [4.69, 9.17) is 4.42 Å². The minimum Gasteiger partial charge on any atom is -0.459 e. The topological polar surface area (TPSA) is 38.1 Å². The first-order chi connectivity index (χ1) is 10.1. The molecule has 0 amide bonds. The van der Waals surface area contributed by atoms with Crippen molar-refractivity contribution in [2.24, 2.45) is 0 Å². The molecule has 0 bridgehead atoms. The second-order valence-corrected chi connectivity index (χ2v) is 6.77. The van der Waals surface area contributed by atoms with Gasteiger partial charge in [0.05, 0.1) is 16.7 Å². The Kier molecular flexibility index (Phi) is 3.83. The van der Waals surface area contributed by atoms with Crippen LogP contribution in [0.25, 0.3) is 11.0 Å². The molecule has 0 spiro atoms. The molecule has 21 heavy (non-hydrogen) atoms. The highest BCUT2D eigenvalue weighted by atomic mass is 32.1. The number of aromatic nitrogens is 1. The van der Waals surface area contributed by atoms with Crippen LogP contribution in [0.2, 0.25) is 0 Å². The zero-order chi connectivity index (χ0) is 15.0. The highest BCUT2D eigenvalue weighted by Crippen LogP contribution is 2.28. The summed E-state index contributed by atoms with van der Waals surface area (Å²) in [6.45, 7) is 6.28. The number of thiazole rings is 1. The van der Waals surface area contributed by atoms with Crippen LogP contribution in [-0.2, 0) is 6.42 Å². The van der Waals surface area contributed by atoms with Crippen LogP contribution in [0, 0.1) is 20.8 Å². The van der Waals surface area contributed by atoms with E-state index in [0.29, 0.717) is 0 Å². The molecule has 0 fully saturated rings. The average molecular weight is 300 g/mol. The normalized spacial score (nSPS) is 13.0. The zero-order valence-electron chi connectivity index (χ0n) is 12.9. The lowest BCUT2D eigenvalue weighted by Gasteiger charge is -2.11. The quantitative estimate of drug-likeness (QED) is 0.780. The number of aryl methyl sites for hydroxylation is 3. The molecule has 1 N–H and O–H groups in total. The minimum atomic E-state index is 0.155. The molecule has 3 nitrogen and oxygen atoms in total. The first kappa shape index (κ1) is 14.3. The Balaban J connectivity index is 1.90. The van der Waals surface area contributed by atoms with Crippen LogP contribution >= 0.6 is 11.3 Å². The van der Waals surface area contributed by atoms with E-state index in [1.165, 1.54) is 10.4 Å². The average Bonchev–Trinajstić information content (AvgIpc) is 2.99. The predicted octanol–water partition coefficient (Wildman–Crippen LogP) is 4.32. The number of likely N-dealkylation sites (N-methyl/N-ethyl adjacent to an activating group) is 1. The zero-order valence-corrected chi connectivity index (χ0v) is 13.7. The van der Waals surface area contributed by atoms with Gasteiger partial charge < -0.3 is 9.73 Å². The van der Waals surface area contributed by atoms with Crippen molar-refractivity contribution in [3.63, 3.8) is 0 Å². The van der Waals surface area contributed by atoms with Crippen LogP contribution in [0.3, 0.4) is 0 Å².